The van der Waals surface area contributed by atoms with Gasteiger partial charge in [-0.25, -0.2) is 8.78 Å². The van der Waals surface area contributed by atoms with Crippen molar-refractivity contribution in [3.63, 3.8) is 0 Å². The topological polar surface area (TPSA) is 15.3 Å². The van der Waals surface area contributed by atoms with Gasteiger partial charge >= 0.3 is 0 Å². The minimum atomic E-state index is -0.486. The van der Waals surface area contributed by atoms with Crippen LogP contribution >= 0.6 is 12.4 Å². The van der Waals surface area contributed by atoms with Gasteiger partial charge in [0, 0.05) is 37.4 Å². The lowest BCUT2D eigenvalue weighted by Crippen LogP contribution is -2.29. The molecule has 2 nitrogen and oxygen atoms in total. The second kappa shape index (κ2) is 6.87. The average Bonchev–Trinajstić information content (AvgIpc) is 2.66. The van der Waals surface area contributed by atoms with Crippen LogP contribution in [-0.4, -0.2) is 13.1 Å². The highest BCUT2D eigenvalue weighted by atomic mass is 35.5. The molecule has 0 spiro atoms. The van der Waals surface area contributed by atoms with E-state index in [9.17, 15) is 8.78 Å². The Hall–Kier alpha value is -1.65. The Balaban J connectivity index is 0.00000161. The third kappa shape index (κ3) is 3.34. The summed E-state index contributed by atoms with van der Waals surface area (Å²) in [5.74, 6) is -0.973. The fourth-order valence-electron chi connectivity index (χ4n) is 2.56. The highest BCUT2D eigenvalue weighted by Crippen LogP contribution is 2.25. The molecule has 0 fully saturated rings. The molecule has 21 heavy (non-hydrogen) atoms. The molecule has 0 saturated carbocycles. The van der Waals surface area contributed by atoms with Crippen molar-refractivity contribution >= 4 is 18.1 Å². The molecule has 5 heteroatoms. The number of nitrogens with one attached hydrogen (secondary N) is 1. The fraction of sp³-hybridized carbons (Fsp3) is 0.250. The minimum absolute atomic E-state index is 0. The molecule has 0 radical (unpaired) electrons. The van der Waals surface area contributed by atoms with Gasteiger partial charge in [-0.3, -0.25) is 0 Å². The van der Waals surface area contributed by atoms with Gasteiger partial charge in [0.15, 0.2) is 0 Å². The van der Waals surface area contributed by atoms with Crippen molar-refractivity contribution in [3.8, 4) is 0 Å². The number of anilines is 1. The highest BCUT2D eigenvalue weighted by Gasteiger charge is 2.18. The van der Waals surface area contributed by atoms with Crippen molar-refractivity contribution < 1.29 is 8.78 Å². The van der Waals surface area contributed by atoms with Crippen LogP contribution in [0.5, 0.6) is 0 Å². The normalized spacial score (nSPS) is 14.1. The molecular formula is C16H17ClF2N2. The minimum Gasteiger partial charge on any atom is -0.365 e. The van der Waals surface area contributed by atoms with Gasteiger partial charge in [-0.2, -0.15) is 0 Å². The second-order valence-corrected chi connectivity index (χ2v) is 4.93. The first-order valence-corrected chi connectivity index (χ1v) is 6.72. The Bertz CT molecular complexity index is 599. The van der Waals surface area contributed by atoms with Crippen LogP contribution in [0, 0.1) is 11.6 Å². The maximum atomic E-state index is 13.8. The number of benzene rings is 2. The van der Waals surface area contributed by atoms with Crippen molar-refractivity contribution in [2.75, 3.05) is 18.0 Å². The number of hydrogen-bond acceptors (Lipinski definition) is 2. The Morgan fingerprint density at radius 1 is 1.00 bits per heavy atom. The Morgan fingerprint density at radius 2 is 1.71 bits per heavy atom. The summed E-state index contributed by atoms with van der Waals surface area (Å²) in [5, 5.41) is 3.32. The summed E-state index contributed by atoms with van der Waals surface area (Å²) in [6.45, 7) is 2.55. The van der Waals surface area contributed by atoms with Crippen LogP contribution in [0.15, 0.2) is 42.5 Å². The van der Waals surface area contributed by atoms with Gasteiger partial charge in [-0.05, 0) is 23.8 Å². The van der Waals surface area contributed by atoms with E-state index < -0.39 is 11.6 Å². The number of halogens is 3. The van der Waals surface area contributed by atoms with Crippen LogP contribution in [0.4, 0.5) is 14.5 Å². The van der Waals surface area contributed by atoms with Crippen molar-refractivity contribution in [2.24, 2.45) is 0 Å². The zero-order valence-electron chi connectivity index (χ0n) is 11.5. The molecule has 112 valence electrons. The predicted molar refractivity (Wildman–Crippen MR) is 82.8 cm³/mol. The molecule has 2 aromatic rings. The average molecular weight is 311 g/mol. The summed E-state index contributed by atoms with van der Waals surface area (Å²) >= 11 is 0. The fourth-order valence-corrected chi connectivity index (χ4v) is 2.56. The van der Waals surface area contributed by atoms with Crippen LogP contribution in [0.3, 0.4) is 0 Å². The van der Waals surface area contributed by atoms with E-state index in [0.717, 1.165) is 30.9 Å². The first kappa shape index (κ1) is 15.7. The van der Waals surface area contributed by atoms with E-state index in [1.54, 1.807) is 0 Å². The van der Waals surface area contributed by atoms with Gasteiger partial charge in [0.05, 0.1) is 0 Å². The van der Waals surface area contributed by atoms with Crippen molar-refractivity contribution in [1.82, 2.24) is 5.32 Å². The summed E-state index contributed by atoms with van der Waals surface area (Å²) in [4.78, 5) is 2.02. The third-order valence-corrected chi connectivity index (χ3v) is 3.62. The van der Waals surface area contributed by atoms with E-state index in [0.29, 0.717) is 0 Å². The number of nitrogens with zero attached hydrogens (tertiary/aromatic N) is 1. The molecule has 0 aliphatic carbocycles. The predicted octanol–water partition coefficient (Wildman–Crippen LogP) is 3.50. The van der Waals surface area contributed by atoms with Crippen molar-refractivity contribution in [3.05, 3.63) is 65.2 Å². The lowest BCUT2D eigenvalue weighted by molar-refractivity contribution is 0.549. The first-order valence-electron chi connectivity index (χ1n) is 6.72. The Kier molecular flexibility index (Phi) is 5.15. The number of hydrogen-bond donors (Lipinski definition) is 1. The van der Waals surface area contributed by atoms with E-state index in [1.165, 1.54) is 18.2 Å². The molecule has 0 unspecified atom stereocenters. The lowest BCUT2D eigenvalue weighted by atomic mass is 10.1. The molecule has 1 aliphatic rings. The van der Waals surface area contributed by atoms with Gasteiger partial charge in [-0.1, -0.05) is 24.3 Å². The zero-order chi connectivity index (χ0) is 13.9. The molecule has 1 aliphatic heterocycles. The first-order chi connectivity index (χ1) is 9.75. The van der Waals surface area contributed by atoms with Crippen LogP contribution < -0.4 is 10.2 Å². The monoisotopic (exact) mass is 310 g/mol. The molecule has 1 N–H and O–H groups in total. The summed E-state index contributed by atoms with van der Waals surface area (Å²) in [5.41, 5.74) is 2.33. The highest BCUT2D eigenvalue weighted by molar-refractivity contribution is 5.85. The molecule has 2 aromatic carbocycles. The van der Waals surface area contributed by atoms with Gasteiger partial charge in [0.2, 0.25) is 0 Å². The summed E-state index contributed by atoms with van der Waals surface area (Å²) < 4.78 is 27.6. The van der Waals surface area contributed by atoms with Crippen molar-refractivity contribution in [1.29, 1.82) is 0 Å². The molecule has 0 amide bonds. The quantitative estimate of drug-likeness (QED) is 0.913. The Morgan fingerprint density at radius 3 is 2.48 bits per heavy atom. The molecular weight excluding hydrogens is 294 g/mol. The van der Waals surface area contributed by atoms with Crippen LogP contribution in [-0.2, 0) is 13.1 Å². The molecule has 0 atom stereocenters. The number of para-hydroxylation sites is 1. The van der Waals surface area contributed by atoms with E-state index >= 15 is 0 Å². The molecule has 3 rings (SSSR count). The Labute approximate surface area is 129 Å². The van der Waals surface area contributed by atoms with Gasteiger partial charge in [-0.15, -0.1) is 12.4 Å². The second-order valence-electron chi connectivity index (χ2n) is 4.93. The van der Waals surface area contributed by atoms with Crippen molar-refractivity contribution in [2.45, 2.75) is 13.1 Å². The maximum absolute atomic E-state index is 13.8. The van der Waals surface area contributed by atoms with Crippen LogP contribution in [0.25, 0.3) is 0 Å². The standard InChI is InChI=1S/C16H16F2N2.ClH/c17-14-5-3-6-15(18)13(14)11-20-9-8-19-10-12-4-1-2-7-16(12)20;/h1-7,19H,8-11H2;1H. The summed E-state index contributed by atoms with van der Waals surface area (Å²) in [7, 11) is 0. The number of rotatable bonds is 2. The number of fused-ring (bicyclic) bond motifs is 1. The van der Waals surface area contributed by atoms with Crippen LogP contribution in [0.1, 0.15) is 11.1 Å². The lowest BCUT2D eigenvalue weighted by Gasteiger charge is -2.25. The maximum Gasteiger partial charge on any atom is 0.131 e. The van der Waals surface area contributed by atoms with E-state index in [-0.39, 0.29) is 24.5 Å². The van der Waals surface area contributed by atoms with E-state index in [4.69, 9.17) is 0 Å². The summed E-state index contributed by atoms with van der Waals surface area (Å²) in [6, 6.07) is 12.0. The van der Waals surface area contributed by atoms with Crippen LogP contribution in [0.2, 0.25) is 0 Å². The summed E-state index contributed by atoms with van der Waals surface area (Å²) in [6.07, 6.45) is 0. The SMILES string of the molecule is Cl.Fc1cccc(F)c1CN1CCNCc2ccccc21. The largest absolute Gasteiger partial charge is 0.365 e. The zero-order valence-corrected chi connectivity index (χ0v) is 12.3. The molecule has 0 aromatic heterocycles. The molecule has 0 bridgehead atoms. The molecule has 0 saturated heterocycles. The smallest absolute Gasteiger partial charge is 0.131 e. The van der Waals surface area contributed by atoms with Gasteiger partial charge < -0.3 is 10.2 Å². The molecule has 1 heterocycles. The van der Waals surface area contributed by atoms with Gasteiger partial charge in [0.1, 0.15) is 11.6 Å². The van der Waals surface area contributed by atoms with E-state index in [1.807, 2.05) is 29.2 Å². The third-order valence-electron chi connectivity index (χ3n) is 3.62. The van der Waals surface area contributed by atoms with Gasteiger partial charge in [0.25, 0.3) is 0 Å². The van der Waals surface area contributed by atoms with E-state index in [2.05, 4.69) is 5.32 Å².